The lowest BCUT2D eigenvalue weighted by Gasteiger charge is -2.17. The predicted octanol–water partition coefficient (Wildman–Crippen LogP) is 2.29. The van der Waals surface area contributed by atoms with Crippen LogP contribution in [0.4, 0.5) is 0 Å². The maximum atomic E-state index is 12.3. The highest BCUT2D eigenvalue weighted by molar-refractivity contribution is 7.09. The van der Waals surface area contributed by atoms with E-state index in [-0.39, 0.29) is 5.91 Å². The van der Waals surface area contributed by atoms with E-state index in [1.54, 1.807) is 17.6 Å². The van der Waals surface area contributed by atoms with Gasteiger partial charge in [-0.05, 0) is 35.6 Å². The van der Waals surface area contributed by atoms with Crippen LogP contribution in [0.5, 0.6) is 0 Å². The van der Waals surface area contributed by atoms with Gasteiger partial charge in [0.2, 0.25) is 0 Å². The fourth-order valence-corrected chi connectivity index (χ4v) is 3.56. The highest BCUT2D eigenvalue weighted by atomic mass is 32.1. The molecule has 0 spiro atoms. The van der Waals surface area contributed by atoms with Crippen LogP contribution in [0.3, 0.4) is 0 Å². The molecule has 5 heteroatoms. The van der Waals surface area contributed by atoms with Crippen LogP contribution in [-0.2, 0) is 24.3 Å². The Morgan fingerprint density at radius 2 is 1.92 bits per heavy atom. The largest absolute Gasteiger partial charge is 0.463 e. The highest BCUT2D eigenvalue weighted by Crippen LogP contribution is 2.06. The number of nitrogens with one attached hydrogen (secondary N) is 2. The molecule has 1 atom stereocenters. The first-order valence-electron chi connectivity index (χ1n) is 8.48. The van der Waals surface area contributed by atoms with E-state index in [2.05, 4.69) is 28.9 Å². The lowest BCUT2D eigenvalue weighted by Crippen LogP contribution is -3.10. The molecule has 2 heterocycles. The zero-order valence-electron chi connectivity index (χ0n) is 14.1. The summed E-state index contributed by atoms with van der Waals surface area (Å²) in [6.45, 7) is 2.63. The van der Waals surface area contributed by atoms with E-state index >= 15 is 0 Å². The van der Waals surface area contributed by atoms with Gasteiger partial charge in [0.25, 0.3) is 5.91 Å². The standard InChI is InChI=1S/C20H22N2O2S/c23-20(21-11-10-17-6-2-1-3-7-17)16-22(14-18-8-4-12-24-18)15-19-9-5-13-25-19/h1-9,12-13H,10-11,14-16H2,(H,21,23)/p+1. The van der Waals surface area contributed by atoms with E-state index in [9.17, 15) is 4.79 Å². The van der Waals surface area contributed by atoms with Crippen LogP contribution < -0.4 is 10.2 Å². The van der Waals surface area contributed by atoms with Gasteiger partial charge >= 0.3 is 0 Å². The van der Waals surface area contributed by atoms with Crippen molar-refractivity contribution in [1.82, 2.24) is 5.32 Å². The highest BCUT2D eigenvalue weighted by Gasteiger charge is 2.17. The van der Waals surface area contributed by atoms with Crippen molar-refractivity contribution in [3.05, 3.63) is 82.4 Å². The summed E-state index contributed by atoms with van der Waals surface area (Å²) < 4.78 is 5.45. The van der Waals surface area contributed by atoms with E-state index in [1.807, 2.05) is 36.4 Å². The number of furan rings is 1. The predicted molar refractivity (Wildman–Crippen MR) is 99.4 cm³/mol. The molecule has 0 aliphatic rings. The van der Waals surface area contributed by atoms with E-state index in [0.29, 0.717) is 19.6 Å². The molecule has 25 heavy (non-hydrogen) atoms. The maximum absolute atomic E-state index is 12.3. The second-order valence-corrected chi connectivity index (χ2v) is 7.06. The van der Waals surface area contributed by atoms with E-state index < -0.39 is 0 Å². The van der Waals surface area contributed by atoms with Gasteiger partial charge in [-0.3, -0.25) is 4.79 Å². The zero-order valence-corrected chi connectivity index (χ0v) is 14.9. The van der Waals surface area contributed by atoms with Crippen molar-refractivity contribution in [2.24, 2.45) is 0 Å². The van der Waals surface area contributed by atoms with Gasteiger partial charge in [0.05, 0.1) is 11.1 Å². The van der Waals surface area contributed by atoms with Crippen molar-refractivity contribution in [3.63, 3.8) is 0 Å². The van der Waals surface area contributed by atoms with Crippen LogP contribution >= 0.6 is 11.3 Å². The van der Waals surface area contributed by atoms with Crippen LogP contribution in [0, 0.1) is 0 Å². The summed E-state index contributed by atoms with van der Waals surface area (Å²) in [6.07, 6.45) is 2.53. The first-order chi connectivity index (χ1) is 12.3. The minimum atomic E-state index is 0.0778. The van der Waals surface area contributed by atoms with Gasteiger partial charge in [-0.25, -0.2) is 0 Å². The Hall–Kier alpha value is -2.37. The van der Waals surface area contributed by atoms with Gasteiger partial charge < -0.3 is 14.6 Å². The number of thiophene rings is 1. The van der Waals surface area contributed by atoms with Crippen molar-refractivity contribution in [2.75, 3.05) is 13.1 Å². The maximum Gasteiger partial charge on any atom is 0.275 e. The van der Waals surface area contributed by atoms with Crippen molar-refractivity contribution >= 4 is 17.2 Å². The molecule has 4 nitrogen and oxygen atoms in total. The molecule has 0 saturated heterocycles. The molecular formula is C20H23N2O2S+. The number of amides is 1. The van der Waals surface area contributed by atoms with Crippen molar-refractivity contribution < 1.29 is 14.1 Å². The Balaban J connectivity index is 1.50. The number of hydrogen-bond acceptors (Lipinski definition) is 3. The third kappa shape index (κ3) is 5.89. The number of carbonyl (C=O) groups excluding carboxylic acids is 1. The van der Waals surface area contributed by atoms with Gasteiger partial charge in [0, 0.05) is 6.54 Å². The molecule has 0 radical (unpaired) electrons. The summed E-state index contributed by atoms with van der Waals surface area (Å²) in [5.41, 5.74) is 1.24. The average molecular weight is 355 g/mol. The molecule has 130 valence electrons. The lowest BCUT2D eigenvalue weighted by molar-refractivity contribution is -0.920. The Morgan fingerprint density at radius 1 is 1.04 bits per heavy atom. The zero-order chi connectivity index (χ0) is 17.3. The van der Waals surface area contributed by atoms with E-state index in [4.69, 9.17) is 4.42 Å². The molecule has 1 aromatic carbocycles. The first kappa shape index (κ1) is 17.5. The number of quaternary nitrogens is 1. The number of hydrogen-bond donors (Lipinski definition) is 2. The molecule has 0 aliphatic heterocycles. The molecule has 0 aliphatic carbocycles. The van der Waals surface area contributed by atoms with Crippen LogP contribution in [0.2, 0.25) is 0 Å². The van der Waals surface area contributed by atoms with Gasteiger partial charge in [0.15, 0.2) is 12.3 Å². The molecule has 0 fully saturated rings. The summed E-state index contributed by atoms with van der Waals surface area (Å²) in [4.78, 5) is 14.8. The fourth-order valence-electron chi connectivity index (χ4n) is 2.79. The second-order valence-electron chi connectivity index (χ2n) is 6.02. The minimum absolute atomic E-state index is 0.0778. The average Bonchev–Trinajstić information content (AvgIpc) is 3.30. The summed E-state index contributed by atoms with van der Waals surface area (Å²) >= 11 is 1.72. The molecular weight excluding hydrogens is 332 g/mol. The molecule has 2 aromatic heterocycles. The van der Waals surface area contributed by atoms with E-state index in [0.717, 1.165) is 18.7 Å². The SMILES string of the molecule is O=C(C[NH+](Cc1ccco1)Cc1cccs1)NCCc1ccccc1. The van der Waals surface area contributed by atoms with Gasteiger partial charge in [-0.1, -0.05) is 36.4 Å². The smallest absolute Gasteiger partial charge is 0.275 e. The van der Waals surface area contributed by atoms with Crippen molar-refractivity contribution in [1.29, 1.82) is 0 Å². The topological polar surface area (TPSA) is 46.7 Å². The molecule has 3 aromatic rings. The van der Waals surface area contributed by atoms with Gasteiger partial charge in [0.1, 0.15) is 13.1 Å². The number of benzene rings is 1. The van der Waals surface area contributed by atoms with Crippen LogP contribution in [0.25, 0.3) is 0 Å². The quantitative estimate of drug-likeness (QED) is 0.619. The van der Waals surface area contributed by atoms with Crippen molar-refractivity contribution in [3.8, 4) is 0 Å². The Morgan fingerprint density at radius 3 is 2.64 bits per heavy atom. The Labute approximate surface area is 152 Å². The van der Waals surface area contributed by atoms with Crippen LogP contribution in [0.15, 0.2) is 70.7 Å². The van der Waals surface area contributed by atoms with Gasteiger partial charge in [-0.15, -0.1) is 11.3 Å². The van der Waals surface area contributed by atoms with Crippen LogP contribution in [0.1, 0.15) is 16.2 Å². The first-order valence-corrected chi connectivity index (χ1v) is 9.36. The van der Waals surface area contributed by atoms with Crippen molar-refractivity contribution in [2.45, 2.75) is 19.5 Å². The third-order valence-corrected chi connectivity index (χ3v) is 4.87. The summed E-state index contributed by atoms with van der Waals surface area (Å²) in [5.74, 6) is 0.984. The van der Waals surface area contributed by atoms with Crippen LogP contribution in [-0.4, -0.2) is 19.0 Å². The number of rotatable bonds is 9. The molecule has 1 amide bonds. The lowest BCUT2D eigenvalue weighted by atomic mass is 10.1. The summed E-state index contributed by atoms with van der Waals surface area (Å²) in [6, 6.07) is 18.2. The second kappa shape index (κ2) is 9.20. The molecule has 0 bridgehead atoms. The monoisotopic (exact) mass is 355 g/mol. The molecule has 3 rings (SSSR count). The number of carbonyl (C=O) groups is 1. The Bertz CT molecular complexity index is 703. The molecule has 0 saturated carbocycles. The fraction of sp³-hybridized carbons (Fsp3) is 0.250. The third-order valence-electron chi connectivity index (χ3n) is 4.00. The summed E-state index contributed by atoms with van der Waals surface area (Å²) in [5, 5.41) is 5.10. The normalized spacial score (nSPS) is 12.0. The molecule has 2 N–H and O–H groups in total. The minimum Gasteiger partial charge on any atom is -0.463 e. The Kier molecular flexibility index (Phi) is 6.42. The van der Waals surface area contributed by atoms with Gasteiger partial charge in [-0.2, -0.15) is 0 Å². The summed E-state index contributed by atoms with van der Waals surface area (Å²) in [7, 11) is 0. The molecule has 1 unspecified atom stereocenters. The van der Waals surface area contributed by atoms with E-state index in [1.165, 1.54) is 15.3 Å².